The van der Waals surface area contributed by atoms with Crippen molar-refractivity contribution < 1.29 is 13.2 Å². The Kier molecular flexibility index (Phi) is 7.70. The molecule has 1 N–H and O–H groups in total. The number of anilines is 2. The van der Waals surface area contributed by atoms with Crippen LogP contribution < -0.4 is 9.62 Å². The zero-order valence-corrected chi connectivity index (χ0v) is 19.2. The maximum atomic E-state index is 13.2. The topological polar surface area (TPSA) is 92.3 Å². The average molecular weight is 483 g/mol. The Morgan fingerprint density at radius 3 is 2.50 bits per heavy atom. The Balaban J connectivity index is 1.83. The Morgan fingerprint density at radius 2 is 1.83 bits per heavy atom. The highest BCUT2D eigenvalue weighted by Gasteiger charge is 2.27. The van der Waals surface area contributed by atoms with Crippen LogP contribution in [-0.4, -0.2) is 36.8 Å². The van der Waals surface area contributed by atoms with E-state index in [4.69, 9.17) is 11.6 Å². The molecule has 3 aromatic rings. The summed E-state index contributed by atoms with van der Waals surface area (Å²) in [6, 6.07) is 14.2. The molecule has 3 rings (SSSR count). The van der Waals surface area contributed by atoms with E-state index in [1.54, 1.807) is 54.2 Å². The standard InChI is InChI=1S/C19H19ClN4O3S3/c1-2-12-28-19-23-22-18(29-19)21-17(25)13-24(15-10-8-14(20)9-11-15)30(26,27)16-6-4-3-5-7-16/h3-11H,2,12-13H2,1H3,(H,21,22,25). The van der Waals surface area contributed by atoms with Crippen molar-refractivity contribution in [3.63, 3.8) is 0 Å². The van der Waals surface area contributed by atoms with E-state index in [-0.39, 0.29) is 4.90 Å². The van der Waals surface area contributed by atoms with E-state index in [2.05, 4.69) is 22.4 Å². The van der Waals surface area contributed by atoms with E-state index < -0.39 is 22.5 Å². The van der Waals surface area contributed by atoms with Gasteiger partial charge in [0, 0.05) is 10.8 Å². The maximum absolute atomic E-state index is 13.2. The Labute approximate surface area is 188 Å². The van der Waals surface area contributed by atoms with Gasteiger partial charge in [0.2, 0.25) is 11.0 Å². The third-order valence-corrected chi connectivity index (χ3v) is 8.03. The number of rotatable bonds is 9. The summed E-state index contributed by atoms with van der Waals surface area (Å²) >= 11 is 8.75. The number of amides is 1. The molecule has 0 spiro atoms. The highest BCUT2D eigenvalue weighted by Crippen LogP contribution is 2.27. The fraction of sp³-hybridized carbons (Fsp3) is 0.211. The number of thioether (sulfide) groups is 1. The molecule has 30 heavy (non-hydrogen) atoms. The molecule has 1 amide bonds. The Bertz CT molecular complexity index is 1090. The predicted molar refractivity (Wildman–Crippen MR) is 122 cm³/mol. The zero-order valence-electron chi connectivity index (χ0n) is 16.0. The van der Waals surface area contributed by atoms with Crippen molar-refractivity contribution >= 4 is 61.4 Å². The molecule has 7 nitrogen and oxygen atoms in total. The predicted octanol–water partition coefficient (Wildman–Crippen LogP) is 4.53. The summed E-state index contributed by atoms with van der Waals surface area (Å²) in [6.07, 6.45) is 0.999. The van der Waals surface area contributed by atoms with Crippen LogP contribution in [-0.2, 0) is 14.8 Å². The molecular formula is C19H19ClN4O3S3. The number of nitrogens with one attached hydrogen (secondary N) is 1. The van der Waals surface area contributed by atoms with Crippen LogP contribution in [0, 0.1) is 0 Å². The number of carbonyl (C=O) groups excluding carboxylic acids is 1. The van der Waals surface area contributed by atoms with Gasteiger partial charge in [0.05, 0.1) is 10.6 Å². The molecule has 0 atom stereocenters. The fourth-order valence-corrected chi connectivity index (χ4v) is 5.70. The molecule has 0 fully saturated rings. The lowest BCUT2D eigenvalue weighted by Gasteiger charge is -2.24. The summed E-state index contributed by atoms with van der Waals surface area (Å²) < 4.78 is 28.2. The number of sulfonamides is 1. The first-order valence-corrected chi connectivity index (χ1v) is 12.6. The number of aromatic nitrogens is 2. The second-order valence-corrected chi connectivity index (χ2v) is 10.7. The molecular weight excluding hydrogens is 464 g/mol. The fourth-order valence-electron chi connectivity index (χ4n) is 2.44. The molecule has 0 bridgehead atoms. The van der Waals surface area contributed by atoms with E-state index in [1.165, 1.54) is 23.5 Å². The first-order valence-electron chi connectivity index (χ1n) is 8.99. The van der Waals surface area contributed by atoms with Gasteiger partial charge in [-0.3, -0.25) is 14.4 Å². The first kappa shape index (κ1) is 22.5. The minimum absolute atomic E-state index is 0.0851. The van der Waals surface area contributed by atoms with Gasteiger partial charge in [0.1, 0.15) is 6.54 Å². The smallest absolute Gasteiger partial charge is 0.264 e. The molecule has 0 radical (unpaired) electrons. The van der Waals surface area contributed by atoms with Crippen molar-refractivity contribution in [2.45, 2.75) is 22.6 Å². The van der Waals surface area contributed by atoms with Crippen LogP contribution >= 0.6 is 34.7 Å². The molecule has 0 unspecified atom stereocenters. The Hall–Kier alpha value is -2.14. The number of hydrogen-bond acceptors (Lipinski definition) is 7. The third kappa shape index (κ3) is 5.72. The number of carbonyl (C=O) groups is 1. The van der Waals surface area contributed by atoms with Gasteiger partial charge < -0.3 is 0 Å². The largest absolute Gasteiger partial charge is 0.299 e. The van der Waals surface area contributed by atoms with Crippen LogP contribution in [0.4, 0.5) is 10.8 Å². The summed E-state index contributed by atoms with van der Waals surface area (Å²) in [5.41, 5.74) is 0.329. The van der Waals surface area contributed by atoms with Crippen molar-refractivity contribution in [2.24, 2.45) is 0 Å². The molecule has 0 saturated carbocycles. The van der Waals surface area contributed by atoms with Crippen LogP contribution in [0.15, 0.2) is 63.8 Å². The van der Waals surface area contributed by atoms with Crippen LogP contribution in [0.5, 0.6) is 0 Å². The van der Waals surface area contributed by atoms with Gasteiger partial charge in [-0.25, -0.2) is 8.42 Å². The van der Waals surface area contributed by atoms with Crippen LogP contribution in [0.25, 0.3) is 0 Å². The number of halogens is 1. The summed E-state index contributed by atoms with van der Waals surface area (Å²) in [6.45, 7) is 1.64. The van der Waals surface area contributed by atoms with Crippen molar-refractivity contribution in [3.05, 3.63) is 59.6 Å². The number of nitrogens with zero attached hydrogens (tertiary/aromatic N) is 3. The molecule has 158 valence electrons. The van der Waals surface area contributed by atoms with Gasteiger partial charge in [-0.05, 0) is 42.8 Å². The summed E-state index contributed by atoms with van der Waals surface area (Å²) in [7, 11) is -3.97. The molecule has 11 heteroatoms. The minimum atomic E-state index is -3.97. The molecule has 0 aliphatic carbocycles. The van der Waals surface area contributed by atoms with Crippen LogP contribution in [0.1, 0.15) is 13.3 Å². The highest BCUT2D eigenvalue weighted by atomic mass is 35.5. The third-order valence-electron chi connectivity index (χ3n) is 3.82. The van der Waals surface area contributed by atoms with E-state index >= 15 is 0 Å². The van der Waals surface area contributed by atoms with Gasteiger partial charge in [0.25, 0.3) is 10.0 Å². The monoisotopic (exact) mass is 482 g/mol. The zero-order chi connectivity index (χ0) is 21.6. The summed E-state index contributed by atoms with van der Waals surface area (Å²) in [5.74, 6) is 0.384. The van der Waals surface area contributed by atoms with Gasteiger partial charge in [-0.15, -0.1) is 10.2 Å². The second-order valence-electron chi connectivity index (χ2n) is 6.07. The van der Waals surface area contributed by atoms with Crippen molar-refractivity contribution in [2.75, 3.05) is 21.9 Å². The van der Waals surface area contributed by atoms with Crippen LogP contribution in [0.2, 0.25) is 5.02 Å². The van der Waals surface area contributed by atoms with E-state index in [9.17, 15) is 13.2 Å². The van der Waals surface area contributed by atoms with E-state index in [1.807, 2.05) is 0 Å². The molecule has 0 saturated heterocycles. The van der Waals surface area contributed by atoms with Crippen molar-refractivity contribution in [3.8, 4) is 0 Å². The lowest BCUT2D eigenvalue weighted by molar-refractivity contribution is -0.114. The highest BCUT2D eigenvalue weighted by molar-refractivity contribution is 8.01. The normalized spacial score (nSPS) is 11.3. The van der Waals surface area contributed by atoms with Gasteiger partial charge in [0.15, 0.2) is 4.34 Å². The lowest BCUT2D eigenvalue weighted by atomic mass is 10.3. The quantitative estimate of drug-likeness (QED) is 0.356. The molecule has 1 heterocycles. The molecule has 2 aromatic carbocycles. The maximum Gasteiger partial charge on any atom is 0.264 e. The van der Waals surface area contributed by atoms with Gasteiger partial charge in [-0.2, -0.15) is 0 Å². The summed E-state index contributed by atoms with van der Waals surface area (Å²) in [4.78, 5) is 12.7. The molecule has 0 aliphatic rings. The molecule has 1 aromatic heterocycles. The SMILES string of the molecule is CCCSc1nnc(NC(=O)CN(c2ccc(Cl)cc2)S(=O)(=O)c2ccccc2)s1. The second kappa shape index (κ2) is 10.3. The first-order chi connectivity index (χ1) is 14.4. The van der Waals surface area contributed by atoms with E-state index in [0.29, 0.717) is 15.8 Å². The minimum Gasteiger partial charge on any atom is -0.299 e. The lowest BCUT2D eigenvalue weighted by Crippen LogP contribution is -2.38. The molecule has 0 aliphatic heterocycles. The van der Waals surface area contributed by atoms with Crippen molar-refractivity contribution in [1.29, 1.82) is 0 Å². The van der Waals surface area contributed by atoms with Gasteiger partial charge in [-0.1, -0.05) is 59.8 Å². The number of benzene rings is 2. The van der Waals surface area contributed by atoms with Gasteiger partial charge >= 0.3 is 0 Å². The van der Waals surface area contributed by atoms with Crippen LogP contribution in [0.3, 0.4) is 0 Å². The Morgan fingerprint density at radius 1 is 1.13 bits per heavy atom. The average Bonchev–Trinajstić information content (AvgIpc) is 3.19. The van der Waals surface area contributed by atoms with Crippen molar-refractivity contribution in [1.82, 2.24) is 10.2 Å². The van der Waals surface area contributed by atoms with E-state index in [0.717, 1.165) is 20.8 Å². The number of hydrogen-bond donors (Lipinski definition) is 1. The summed E-state index contributed by atoms with van der Waals surface area (Å²) in [5, 5.41) is 11.4.